The van der Waals surface area contributed by atoms with Crippen molar-refractivity contribution in [1.82, 2.24) is 9.55 Å². The highest BCUT2D eigenvalue weighted by molar-refractivity contribution is 5.21. The average molecular weight is 247 g/mol. The third-order valence-electron chi connectivity index (χ3n) is 3.63. The first-order chi connectivity index (χ1) is 8.60. The van der Waals surface area contributed by atoms with Crippen LogP contribution in [0, 0.1) is 23.2 Å². The van der Waals surface area contributed by atoms with Crippen LogP contribution in [0.5, 0.6) is 0 Å². The number of hydrogen-bond donors (Lipinski definition) is 1. The Morgan fingerprint density at radius 1 is 1.50 bits per heavy atom. The fraction of sp³-hybridized carbons (Fsp3) is 0.615. The lowest BCUT2D eigenvalue weighted by Crippen LogP contribution is -2.33. The van der Waals surface area contributed by atoms with Gasteiger partial charge in [-0.3, -0.25) is 14.3 Å². The molecule has 5 heteroatoms. The molecule has 2 unspecified atom stereocenters. The van der Waals surface area contributed by atoms with Crippen molar-refractivity contribution >= 4 is 0 Å². The summed E-state index contributed by atoms with van der Waals surface area (Å²) in [5.41, 5.74) is -1.02. The number of nitrogens with zero attached hydrogens (tertiary/aromatic N) is 2. The van der Waals surface area contributed by atoms with Crippen LogP contribution in [0.1, 0.15) is 38.2 Å². The summed E-state index contributed by atoms with van der Waals surface area (Å²) in [6.45, 7) is 2.82. The topological polar surface area (TPSA) is 78.7 Å². The minimum absolute atomic E-state index is 0.00143. The lowest BCUT2D eigenvalue weighted by molar-refractivity contribution is 0.254. The molecule has 5 nitrogen and oxygen atoms in total. The van der Waals surface area contributed by atoms with Gasteiger partial charge in [0.1, 0.15) is 11.6 Å². The third kappa shape index (κ3) is 2.70. The first-order valence-corrected chi connectivity index (χ1v) is 6.34. The molecule has 1 aromatic heterocycles. The third-order valence-corrected chi connectivity index (χ3v) is 3.63. The van der Waals surface area contributed by atoms with Crippen LogP contribution in [0.2, 0.25) is 0 Å². The maximum atomic E-state index is 11.7. The summed E-state index contributed by atoms with van der Waals surface area (Å²) in [6.07, 6.45) is 6.03. The van der Waals surface area contributed by atoms with Crippen LogP contribution in [-0.2, 0) is 6.54 Å². The van der Waals surface area contributed by atoms with Crippen molar-refractivity contribution in [3.05, 3.63) is 32.6 Å². The zero-order valence-corrected chi connectivity index (χ0v) is 10.5. The fourth-order valence-corrected chi connectivity index (χ4v) is 2.73. The summed E-state index contributed by atoms with van der Waals surface area (Å²) >= 11 is 0. The van der Waals surface area contributed by atoms with E-state index in [9.17, 15) is 9.59 Å². The molecule has 18 heavy (non-hydrogen) atoms. The van der Waals surface area contributed by atoms with Crippen molar-refractivity contribution in [2.24, 2.45) is 11.8 Å². The van der Waals surface area contributed by atoms with Gasteiger partial charge < -0.3 is 0 Å². The molecule has 1 saturated carbocycles. The first kappa shape index (κ1) is 12.6. The average Bonchev–Trinajstić information content (AvgIpc) is 2.33. The van der Waals surface area contributed by atoms with Crippen molar-refractivity contribution in [2.75, 3.05) is 0 Å². The van der Waals surface area contributed by atoms with Gasteiger partial charge in [-0.25, -0.2) is 4.79 Å². The Balaban J connectivity index is 2.21. The van der Waals surface area contributed by atoms with E-state index in [-0.39, 0.29) is 5.56 Å². The fourth-order valence-electron chi connectivity index (χ4n) is 2.73. The van der Waals surface area contributed by atoms with Crippen molar-refractivity contribution in [2.45, 2.75) is 39.2 Å². The second-order valence-corrected chi connectivity index (χ2v) is 5.20. The summed E-state index contributed by atoms with van der Waals surface area (Å²) in [5.74, 6) is 1.15. The molecule has 1 aliphatic carbocycles. The number of nitriles is 1. The molecule has 1 heterocycles. The molecule has 0 aliphatic heterocycles. The monoisotopic (exact) mass is 247 g/mol. The molecule has 0 saturated heterocycles. The van der Waals surface area contributed by atoms with Gasteiger partial charge in [0.15, 0.2) is 0 Å². The molecule has 1 N–H and O–H groups in total. The number of nitrogens with one attached hydrogen (secondary N) is 1. The molecule has 0 bridgehead atoms. The molecule has 96 valence electrons. The molecule has 0 spiro atoms. The zero-order valence-electron chi connectivity index (χ0n) is 10.5. The number of aromatic nitrogens is 2. The molecule has 1 fully saturated rings. The maximum Gasteiger partial charge on any atom is 0.328 e. The minimum Gasteiger partial charge on any atom is -0.299 e. The quantitative estimate of drug-likeness (QED) is 0.853. The van der Waals surface area contributed by atoms with E-state index in [2.05, 4.69) is 11.9 Å². The number of aromatic amines is 1. The van der Waals surface area contributed by atoms with Gasteiger partial charge >= 0.3 is 5.69 Å². The molecule has 0 radical (unpaired) electrons. The van der Waals surface area contributed by atoms with E-state index in [4.69, 9.17) is 5.26 Å². The van der Waals surface area contributed by atoms with Crippen molar-refractivity contribution in [1.29, 1.82) is 5.26 Å². The summed E-state index contributed by atoms with van der Waals surface area (Å²) in [4.78, 5) is 25.1. The minimum atomic E-state index is -0.601. The molecule has 2 atom stereocenters. The molecule has 0 aromatic carbocycles. The largest absolute Gasteiger partial charge is 0.328 e. The Morgan fingerprint density at radius 3 is 2.94 bits per heavy atom. The number of hydrogen-bond acceptors (Lipinski definition) is 3. The van der Waals surface area contributed by atoms with Gasteiger partial charge in [0, 0.05) is 12.7 Å². The Kier molecular flexibility index (Phi) is 3.66. The van der Waals surface area contributed by atoms with Crippen LogP contribution >= 0.6 is 0 Å². The Labute approximate surface area is 105 Å². The van der Waals surface area contributed by atoms with E-state index in [0.29, 0.717) is 18.4 Å². The Bertz CT molecular complexity index is 579. The predicted molar refractivity (Wildman–Crippen MR) is 67.2 cm³/mol. The SMILES string of the molecule is CC1CCCC(Cn2cc(C#N)c(=O)[nH]c2=O)C1. The van der Waals surface area contributed by atoms with E-state index >= 15 is 0 Å². The molecule has 2 rings (SSSR count). The summed E-state index contributed by atoms with van der Waals surface area (Å²) in [6, 6.07) is 1.81. The van der Waals surface area contributed by atoms with Gasteiger partial charge in [-0.1, -0.05) is 19.8 Å². The summed E-state index contributed by atoms with van der Waals surface area (Å²) in [5, 5.41) is 8.80. The number of H-pyrrole nitrogens is 1. The molecule has 1 aromatic rings. The summed E-state index contributed by atoms with van der Waals surface area (Å²) in [7, 11) is 0. The van der Waals surface area contributed by atoms with E-state index < -0.39 is 11.2 Å². The molecular formula is C13H17N3O2. The highest BCUT2D eigenvalue weighted by Gasteiger charge is 2.19. The van der Waals surface area contributed by atoms with Crippen LogP contribution in [-0.4, -0.2) is 9.55 Å². The standard InChI is InChI=1S/C13H17N3O2/c1-9-3-2-4-10(5-9)7-16-8-11(6-14)12(17)15-13(16)18/h8-10H,2-5,7H2,1H3,(H,15,17,18). The van der Waals surface area contributed by atoms with Crippen LogP contribution in [0.4, 0.5) is 0 Å². The second-order valence-electron chi connectivity index (χ2n) is 5.20. The Hall–Kier alpha value is -1.83. The van der Waals surface area contributed by atoms with E-state index in [1.807, 2.05) is 0 Å². The van der Waals surface area contributed by atoms with Crippen molar-refractivity contribution in [3.8, 4) is 6.07 Å². The van der Waals surface area contributed by atoms with Crippen LogP contribution < -0.4 is 11.2 Å². The highest BCUT2D eigenvalue weighted by Crippen LogP contribution is 2.29. The molecular weight excluding hydrogens is 230 g/mol. The van der Waals surface area contributed by atoms with Gasteiger partial charge in [0.05, 0.1) is 0 Å². The van der Waals surface area contributed by atoms with Crippen LogP contribution in [0.25, 0.3) is 0 Å². The summed E-state index contributed by atoms with van der Waals surface area (Å²) < 4.78 is 1.46. The lowest BCUT2D eigenvalue weighted by Gasteiger charge is -2.26. The van der Waals surface area contributed by atoms with E-state index in [0.717, 1.165) is 12.8 Å². The molecule has 1 aliphatic rings. The predicted octanol–water partition coefficient (Wildman–Crippen LogP) is 1.23. The Morgan fingerprint density at radius 2 is 2.28 bits per heavy atom. The highest BCUT2D eigenvalue weighted by atomic mass is 16.2. The van der Waals surface area contributed by atoms with Gasteiger partial charge in [-0.05, 0) is 24.7 Å². The molecule has 0 amide bonds. The van der Waals surface area contributed by atoms with E-state index in [1.165, 1.54) is 23.6 Å². The normalized spacial score (nSPS) is 23.6. The van der Waals surface area contributed by atoms with Gasteiger partial charge in [-0.15, -0.1) is 0 Å². The smallest absolute Gasteiger partial charge is 0.299 e. The van der Waals surface area contributed by atoms with Gasteiger partial charge in [0.2, 0.25) is 0 Å². The van der Waals surface area contributed by atoms with E-state index in [1.54, 1.807) is 6.07 Å². The van der Waals surface area contributed by atoms with Gasteiger partial charge in [0.25, 0.3) is 5.56 Å². The van der Waals surface area contributed by atoms with Crippen LogP contribution in [0.15, 0.2) is 15.8 Å². The van der Waals surface area contributed by atoms with Gasteiger partial charge in [-0.2, -0.15) is 5.26 Å². The van der Waals surface area contributed by atoms with Crippen molar-refractivity contribution < 1.29 is 0 Å². The maximum absolute atomic E-state index is 11.7. The van der Waals surface area contributed by atoms with Crippen molar-refractivity contribution in [3.63, 3.8) is 0 Å². The number of rotatable bonds is 2. The first-order valence-electron chi connectivity index (χ1n) is 6.34. The lowest BCUT2D eigenvalue weighted by atomic mass is 9.82. The van der Waals surface area contributed by atoms with Crippen LogP contribution in [0.3, 0.4) is 0 Å². The second kappa shape index (κ2) is 5.21. The zero-order chi connectivity index (χ0) is 13.1.